The van der Waals surface area contributed by atoms with Gasteiger partial charge in [0.2, 0.25) is 0 Å². The molecule has 1 aromatic carbocycles. The van der Waals surface area contributed by atoms with Crippen molar-refractivity contribution in [3.8, 4) is 0 Å². The van der Waals surface area contributed by atoms with E-state index in [0.29, 0.717) is 0 Å². The quantitative estimate of drug-likeness (QED) is 0.807. The molecular weight excluding hydrogens is 258 g/mol. The van der Waals surface area contributed by atoms with E-state index in [2.05, 4.69) is 61.6 Å². The highest BCUT2D eigenvalue weighted by Gasteiger charge is 2.07. The Morgan fingerprint density at radius 2 is 1.76 bits per heavy atom. The first kappa shape index (κ1) is 16.0. The molecule has 0 bridgehead atoms. The number of benzene rings is 1. The average molecular weight is 287 g/mol. The highest BCUT2D eigenvalue weighted by Crippen LogP contribution is 2.18. The van der Waals surface area contributed by atoms with E-state index < -0.39 is 0 Å². The van der Waals surface area contributed by atoms with Crippen molar-refractivity contribution in [1.82, 2.24) is 14.9 Å². The minimum atomic E-state index is 0.232. The van der Waals surface area contributed by atoms with Crippen LogP contribution >= 0.6 is 0 Å². The zero-order chi connectivity index (χ0) is 15.5. The highest BCUT2D eigenvalue weighted by atomic mass is 15.0. The lowest BCUT2D eigenvalue weighted by atomic mass is 10.1. The van der Waals surface area contributed by atoms with Gasteiger partial charge in [-0.3, -0.25) is 0 Å². The molecule has 1 aromatic heterocycles. The molecule has 0 aliphatic heterocycles. The average Bonchev–Trinajstić information content (AvgIpc) is 2.75. The first-order valence-corrected chi connectivity index (χ1v) is 8.04. The number of rotatable bonds is 6. The summed E-state index contributed by atoms with van der Waals surface area (Å²) < 4.78 is 2.29. The van der Waals surface area contributed by atoms with E-state index in [4.69, 9.17) is 0 Å². The van der Waals surface area contributed by atoms with Gasteiger partial charge < -0.3 is 9.88 Å². The Kier molecular flexibility index (Phi) is 5.04. The lowest BCUT2D eigenvalue weighted by Crippen LogP contribution is -2.36. The number of unbranched alkanes of at least 4 members (excludes halogenated alkanes) is 2. The maximum atomic E-state index is 4.52. The Morgan fingerprint density at radius 1 is 1.05 bits per heavy atom. The van der Waals surface area contributed by atoms with Crippen LogP contribution in [0, 0.1) is 13.8 Å². The highest BCUT2D eigenvalue weighted by molar-refractivity contribution is 5.77. The fourth-order valence-electron chi connectivity index (χ4n) is 2.54. The second kappa shape index (κ2) is 6.61. The van der Waals surface area contributed by atoms with Gasteiger partial charge in [-0.2, -0.15) is 0 Å². The molecule has 0 saturated carbocycles. The molecule has 21 heavy (non-hydrogen) atoms. The Balaban J connectivity index is 1.83. The molecule has 3 nitrogen and oxygen atoms in total. The maximum Gasteiger partial charge on any atom is 0.0958 e. The first-order valence-electron chi connectivity index (χ1n) is 8.04. The van der Waals surface area contributed by atoms with Crippen LogP contribution in [0.1, 0.15) is 51.2 Å². The van der Waals surface area contributed by atoms with E-state index in [0.717, 1.165) is 18.6 Å². The lowest BCUT2D eigenvalue weighted by molar-refractivity contribution is 0.415. The molecule has 0 fully saturated rings. The maximum absolute atomic E-state index is 4.52. The zero-order valence-electron chi connectivity index (χ0n) is 14.2. The van der Waals surface area contributed by atoms with Gasteiger partial charge in [-0.25, -0.2) is 4.98 Å². The van der Waals surface area contributed by atoms with Crippen molar-refractivity contribution in [3.05, 3.63) is 29.6 Å². The fraction of sp³-hybridized carbons (Fsp3) is 0.611. The molecular formula is C18H29N3. The molecule has 0 spiro atoms. The minimum Gasteiger partial charge on any atom is -0.331 e. The largest absolute Gasteiger partial charge is 0.331 e. The molecule has 0 atom stereocenters. The van der Waals surface area contributed by atoms with Crippen LogP contribution in [-0.2, 0) is 6.54 Å². The van der Waals surface area contributed by atoms with E-state index >= 15 is 0 Å². The summed E-state index contributed by atoms with van der Waals surface area (Å²) in [5.41, 5.74) is 5.29. The normalized spacial score (nSPS) is 12.2. The van der Waals surface area contributed by atoms with Crippen molar-refractivity contribution >= 4 is 11.0 Å². The Labute approximate surface area is 128 Å². The first-order chi connectivity index (χ1) is 9.87. The number of nitrogens with one attached hydrogen (secondary N) is 1. The van der Waals surface area contributed by atoms with Gasteiger partial charge in [0, 0.05) is 12.1 Å². The van der Waals surface area contributed by atoms with Gasteiger partial charge in [0.1, 0.15) is 0 Å². The van der Waals surface area contributed by atoms with Crippen molar-refractivity contribution in [2.45, 2.75) is 66.0 Å². The summed E-state index contributed by atoms with van der Waals surface area (Å²) in [7, 11) is 0. The number of hydrogen-bond donors (Lipinski definition) is 1. The van der Waals surface area contributed by atoms with Crippen LogP contribution in [0.4, 0.5) is 0 Å². The molecule has 0 amide bonds. The molecule has 2 aromatic rings. The molecule has 3 heteroatoms. The summed E-state index contributed by atoms with van der Waals surface area (Å²) in [6.07, 6.45) is 5.69. The van der Waals surface area contributed by atoms with Crippen LogP contribution in [0.15, 0.2) is 18.5 Å². The molecule has 0 aliphatic carbocycles. The van der Waals surface area contributed by atoms with Crippen molar-refractivity contribution in [1.29, 1.82) is 0 Å². The molecule has 0 radical (unpaired) electrons. The fourth-order valence-corrected chi connectivity index (χ4v) is 2.54. The third kappa shape index (κ3) is 4.57. The van der Waals surface area contributed by atoms with Crippen molar-refractivity contribution in [2.75, 3.05) is 6.54 Å². The standard InChI is InChI=1S/C18H29N3/c1-14-11-16-17(12-15(14)2)21(13-19-16)10-8-6-7-9-20-18(3,4)5/h11-13,20H,6-10H2,1-5H3. The van der Waals surface area contributed by atoms with Gasteiger partial charge in [-0.1, -0.05) is 6.42 Å². The van der Waals surface area contributed by atoms with Crippen LogP contribution in [0.25, 0.3) is 11.0 Å². The third-order valence-corrected chi connectivity index (χ3v) is 3.97. The van der Waals surface area contributed by atoms with Crippen LogP contribution in [0.3, 0.4) is 0 Å². The van der Waals surface area contributed by atoms with Gasteiger partial charge in [-0.15, -0.1) is 0 Å². The molecule has 0 saturated heterocycles. The summed E-state index contributed by atoms with van der Waals surface area (Å²) in [5, 5.41) is 3.54. The number of aromatic nitrogens is 2. The van der Waals surface area contributed by atoms with Crippen LogP contribution in [0.5, 0.6) is 0 Å². The van der Waals surface area contributed by atoms with E-state index in [1.165, 1.54) is 35.9 Å². The predicted octanol–water partition coefficient (Wildman–Crippen LogP) is 4.21. The van der Waals surface area contributed by atoms with Gasteiger partial charge in [0.05, 0.1) is 17.4 Å². The summed E-state index contributed by atoms with van der Waals surface area (Å²) in [6.45, 7) is 13.1. The number of fused-ring (bicyclic) bond motifs is 1. The second-order valence-electron chi connectivity index (χ2n) is 7.10. The van der Waals surface area contributed by atoms with Crippen molar-refractivity contribution in [2.24, 2.45) is 0 Å². The van der Waals surface area contributed by atoms with Crippen molar-refractivity contribution < 1.29 is 0 Å². The molecule has 1 N–H and O–H groups in total. The van der Waals surface area contributed by atoms with Crippen molar-refractivity contribution in [3.63, 3.8) is 0 Å². The summed E-state index contributed by atoms with van der Waals surface area (Å²) >= 11 is 0. The summed E-state index contributed by atoms with van der Waals surface area (Å²) in [4.78, 5) is 4.52. The van der Waals surface area contributed by atoms with Crippen LogP contribution < -0.4 is 5.32 Å². The molecule has 0 aliphatic rings. The smallest absolute Gasteiger partial charge is 0.0958 e. The van der Waals surface area contributed by atoms with E-state index in [1.54, 1.807) is 0 Å². The van der Waals surface area contributed by atoms with E-state index in [-0.39, 0.29) is 5.54 Å². The second-order valence-corrected chi connectivity index (χ2v) is 7.10. The molecule has 116 valence electrons. The van der Waals surface area contributed by atoms with Crippen LogP contribution in [-0.4, -0.2) is 21.6 Å². The Bertz CT molecular complexity index is 590. The number of hydrogen-bond acceptors (Lipinski definition) is 2. The monoisotopic (exact) mass is 287 g/mol. The minimum absolute atomic E-state index is 0.232. The molecule has 2 rings (SSSR count). The molecule has 1 heterocycles. The van der Waals surface area contributed by atoms with Crippen LogP contribution in [0.2, 0.25) is 0 Å². The van der Waals surface area contributed by atoms with E-state index in [9.17, 15) is 0 Å². The Hall–Kier alpha value is -1.35. The Morgan fingerprint density at radius 3 is 2.48 bits per heavy atom. The summed E-state index contributed by atoms with van der Waals surface area (Å²) in [5.74, 6) is 0. The zero-order valence-corrected chi connectivity index (χ0v) is 14.2. The van der Waals surface area contributed by atoms with Gasteiger partial charge in [0.25, 0.3) is 0 Å². The summed E-state index contributed by atoms with van der Waals surface area (Å²) in [6, 6.07) is 4.45. The predicted molar refractivity (Wildman–Crippen MR) is 90.8 cm³/mol. The van der Waals surface area contributed by atoms with Gasteiger partial charge >= 0.3 is 0 Å². The topological polar surface area (TPSA) is 29.9 Å². The number of imidazole rings is 1. The van der Waals surface area contributed by atoms with Gasteiger partial charge in [0.15, 0.2) is 0 Å². The number of nitrogens with zero attached hydrogens (tertiary/aromatic N) is 2. The molecule has 0 unspecified atom stereocenters. The van der Waals surface area contributed by atoms with Gasteiger partial charge in [-0.05, 0) is 77.3 Å². The lowest BCUT2D eigenvalue weighted by Gasteiger charge is -2.20. The number of aryl methyl sites for hydroxylation is 3. The SMILES string of the molecule is Cc1cc2ncn(CCCCCNC(C)(C)C)c2cc1C. The third-order valence-electron chi connectivity index (χ3n) is 3.97. The van der Waals surface area contributed by atoms with E-state index in [1.807, 2.05) is 6.33 Å².